The molecule has 0 bridgehead atoms. The number of hydrogen-bond acceptors (Lipinski definition) is 2. The van der Waals surface area contributed by atoms with Crippen LogP contribution in [0.3, 0.4) is 0 Å². The lowest BCUT2D eigenvalue weighted by Gasteiger charge is -2.17. The minimum absolute atomic E-state index is 0.107. The molecule has 2 unspecified atom stereocenters. The van der Waals surface area contributed by atoms with E-state index in [4.69, 9.17) is 4.74 Å². The molecular formula is C11H19NO2. The monoisotopic (exact) mass is 197 g/mol. The van der Waals surface area contributed by atoms with Crippen LogP contribution >= 0.6 is 0 Å². The second kappa shape index (κ2) is 4.49. The Morgan fingerprint density at radius 1 is 1.36 bits per heavy atom. The standard InChI is InChI=1S/C11H19NO2/c1-7(2)5-6-9-10(8(3)4)12-11(13)14-9/h5-10H,1-4H3,(H,12,13)/b6-5+. The van der Waals surface area contributed by atoms with Crippen molar-refractivity contribution < 1.29 is 9.53 Å². The molecule has 0 aromatic rings. The van der Waals surface area contributed by atoms with Gasteiger partial charge >= 0.3 is 6.09 Å². The Bertz CT molecular complexity index is 233. The number of carbonyl (C=O) groups is 1. The number of ether oxygens (including phenoxy) is 1. The van der Waals surface area contributed by atoms with Crippen molar-refractivity contribution in [2.75, 3.05) is 0 Å². The van der Waals surface area contributed by atoms with Gasteiger partial charge in [-0.3, -0.25) is 0 Å². The quantitative estimate of drug-likeness (QED) is 0.705. The SMILES string of the molecule is CC(C)/C=C/C1OC(=O)NC1C(C)C. The maximum absolute atomic E-state index is 11.0. The molecular weight excluding hydrogens is 178 g/mol. The van der Waals surface area contributed by atoms with Crippen LogP contribution in [0.1, 0.15) is 27.7 Å². The van der Waals surface area contributed by atoms with E-state index in [0.29, 0.717) is 11.8 Å². The van der Waals surface area contributed by atoms with Crippen LogP contribution in [-0.4, -0.2) is 18.2 Å². The van der Waals surface area contributed by atoms with Crippen LogP contribution in [0.5, 0.6) is 0 Å². The van der Waals surface area contributed by atoms with Crippen molar-refractivity contribution >= 4 is 6.09 Å². The average Bonchev–Trinajstić information content (AvgIpc) is 2.43. The van der Waals surface area contributed by atoms with E-state index in [1.165, 1.54) is 0 Å². The first-order valence-electron chi connectivity index (χ1n) is 5.16. The summed E-state index contributed by atoms with van der Waals surface area (Å²) in [7, 11) is 0. The molecule has 3 nitrogen and oxygen atoms in total. The number of carbonyl (C=O) groups excluding carboxylic acids is 1. The summed E-state index contributed by atoms with van der Waals surface area (Å²) in [6.07, 6.45) is 3.64. The Morgan fingerprint density at radius 2 is 2.00 bits per heavy atom. The van der Waals surface area contributed by atoms with Gasteiger partial charge in [0.25, 0.3) is 0 Å². The van der Waals surface area contributed by atoms with Gasteiger partial charge in [0, 0.05) is 0 Å². The van der Waals surface area contributed by atoms with Gasteiger partial charge in [-0.15, -0.1) is 0 Å². The van der Waals surface area contributed by atoms with Crippen LogP contribution in [-0.2, 0) is 4.74 Å². The summed E-state index contributed by atoms with van der Waals surface area (Å²) >= 11 is 0. The number of amides is 1. The van der Waals surface area contributed by atoms with Gasteiger partial charge in [-0.25, -0.2) is 4.79 Å². The number of hydrogen-bond donors (Lipinski definition) is 1. The second-order valence-corrected chi connectivity index (χ2v) is 4.41. The van der Waals surface area contributed by atoms with E-state index in [9.17, 15) is 4.79 Å². The van der Waals surface area contributed by atoms with E-state index >= 15 is 0 Å². The van der Waals surface area contributed by atoms with Crippen LogP contribution in [0.25, 0.3) is 0 Å². The van der Waals surface area contributed by atoms with Crippen molar-refractivity contribution in [1.29, 1.82) is 0 Å². The van der Waals surface area contributed by atoms with Gasteiger partial charge in [0.2, 0.25) is 0 Å². The fourth-order valence-corrected chi connectivity index (χ4v) is 1.49. The lowest BCUT2D eigenvalue weighted by Crippen LogP contribution is -2.35. The van der Waals surface area contributed by atoms with Gasteiger partial charge in [0.15, 0.2) is 0 Å². The molecule has 2 atom stereocenters. The number of allylic oxidation sites excluding steroid dienone is 1. The van der Waals surface area contributed by atoms with Crippen LogP contribution in [0.4, 0.5) is 4.79 Å². The summed E-state index contributed by atoms with van der Waals surface area (Å²) < 4.78 is 5.15. The number of alkyl carbamates (subject to hydrolysis) is 1. The van der Waals surface area contributed by atoms with Gasteiger partial charge in [-0.1, -0.05) is 33.8 Å². The first-order valence-corrected chi connectivity index (χ1v) is 5.16. The highest BCUT2D eigenvalue weighted by Crippen LogP contribution is 2.17. The van der Waals surface area contributed by atoms with E-state index in [2.05, 4.69) is 39.1 Å². The van der Waals surface area contributed by atoms with Crippen LogP contribution in [0, 0.1) is 11.8 Å². The summed E-state index contributed by atoms with van der Waals surface area (Å²) in [4.78, 5) is 11.0. The molecule has 0 aromatic heterocycles. The molecule has 1 fully saturated rings. The molecule has 0 saturated carbocycles. The minimum atomic E-state index is -0.304. The molecule has 1 rings (SSSR count). The summed E-state index contributed by atoms with van der Waals surface area (Å²) in [5, 5.41) is 2.81. The average molecular weight is 197 g/mol. The molecule has 14 heavy (non-hydrogen) atoms. The predicted molar refractivity (Wildman–Crippen MR) is 56.0 cm³/mol. The zero-order chi connectivity index (χ0) is 10.7. The topological polar surface area (TPSA) is 38.3 Å². The maximum atomic E-state index is 11.0. The summed E-state index contributed by atoms with van der Waals surface area (Å²) in [6.45, 7) is 8.36. The fourth-order valence-electron chi connectivity index (χ4n) is 1.49. The molecule has 0 spiro atoms. The van der Waals surface area contributed by atoms with Crippen molar-refractivity contribution in [1.82, 2.24) is 5.32 Å². The Kier molecular flexibility index (Phi) is 3.55. The number of cyclic esters (lactones) is 1. The van der Waals surface area contributed by atoms with Crippen molar-refractivity contribution in [2.45, 2.75) is 39.8 Å². The number of nitrogens with one attached hydrogen (secondary N) is 1. The summed E-state index contributed by atoms with van der Waals surface area (Å²) in [6, 6.07) is 0.109. The first-order chi connectivity index (χ1) is 6.50. The molecule has 0 aromatic carbocycles. The molecule has 3 heteroatoms. The van der Waals surface area contributed by atoms with E-state index < -0.39 is 0 Å². The van der Waals surface area contributed by atoms with Crippen LogP contribution in [0.15, 0.2) is 12.2 Å². The van der Waals surface area contributed by atoms with Gasteiger partial charge in [-0.2, -0.15) is 0 Å². The highest BCUT2D eigenvalue weighted by Gasteiger charge is 2.33. The normalized spacial score (nSPS) is 27.4. The Morgan fingerprint density at radius 3 is 2.50 bits per heavy atom. The van der Waals surface area contributed by atoms with Crippen molar-refractivity contribution in [2.24, 2.45) is 11.8 Å². The largest absolute Gasteiger partial charge is 0.440 e. The van der Waals surface area contributed by atoms with Crippen LogP contribution in [0.2, 0.25) is 0 Å². The Balaban J connectivity index is 2.62. The van der Waals surface area contributed by atoms with Gasteiger partial charge < -0.3 is 10.1 Å². The van der Waals surface area contributed by atoms with Crippen molar-refractivity contribution in [3.8, 4) is 0 Å². The predicted octanol–water partition coefficient (Wildman–Crippen LogP) is 2.33. The van der Waals surface area contributed by atoms with E-state index in [1.807, 2.05) is 6.08 Å². The van der Waals surface area contributed by atoms with Gasteiger partial charge in [-0.05, 0) is 17.9 Å². The van der Waals surface area contributed by atoms with Crippen LogP contribution < -0.4 is 5.32 Å². The van der Waals surface area contributed by atoms with Crippen molar-refractivity contribution in [3.05, 3.63) is 12.2 Å². The molecule has 1 N–H and O–H groups in total. The highest BCUT2D eigenvalue weighted by molar-refractivity contribution is 5.70. The Labute approximate surface area is 85.5 Å². The molecule has 1 heterocycles. The lowest BCUT2D eigenvalue weighted by atomic mass is 9.98. The van der Waals surface area contributed by atoms with Crippen molar-refractivity contribution in [3.63, 3.8) is 0 Å². The summed E-state index contributed by atoms with van der Waals surface area (Å²) in [5.74, 6) is 0.880. The zero-order valence-corrected chi connectivity index (χ0v) is 9.28. The van der Waals surface area contributed by atoms with E-state index in [-0.39, 0.29) is 18.2 Å². The lowest BCUT2D eigenvalue weighted by molar-refractivity contribution is 0.149. The minimum Gasteiger partial charge on any atom is -0.440 e. The van der Waals surface area contributed by atoms with Gasteiger partial charge in [0.1, 0.15) is 6.10 Å². The van der Waals surface area contributed by atoms with E-state index in [0.717, 1.165) is 0 Å². The molecule has 1 saturated heterocycles. The second-order valence-electron chi connectivity index (χ2n) is 4.41. The fraction of sp³-hybridized carbons (Fsp3) is 0.727. The summed E-state index contributed by atoms with van der Waals surface area (Å²) in [5.41, 5.74) is 0. The first kappa shape index (κ1) is 11.1. The molecule has 0 aliphatic carbocycles. The number of rotatable bonds is 3. The zero-order valence-electron chi connectivity index (χ0n) is 9.28. The van der Waals surface area contributed by atoms with Gasteiger partial charge in [0.05, 0.1) is 6.04 Å². The maximum Gasteiger partial charge on any atom is 0.408 e. The Hall–Kier alpha value is -0.990. The third-order valence-corrected chi connectivity index (χ3v) is 2.29. The molecule has 1 amide bonds. The van der Waals surface area contributed by atoms with E-state index in [1.54, 1.807) is 0 Å². The smallest absolute Gasteiger partial charge is 0.408 e. The third kappa shape index (κ3) is 2.76. The molecule has 0 radical (unpaired) electrons. The highest BCUT2D eigenvalue weighted by atomic mass is 16.6. The molecule has 1 aliphatic heterocycles. The molecule has 80 valence electrons. The third-order valence-electron chi connectivity index (χ3n) is 2.29. The molecule has 1 aliphatic rings.